The summed E-state index contributed by atoms with van der Waals surface area (Å²) in [5.41, 5.74) is 0. The highest BCUT2D eigenvalue weighted by molar-refractivity contribution is 5.75. The van der Waals surface area contributed by atoms with E-state index < -0.39 is 0 Å². The van der Waals surface area contributed by atoms with Gasteiger partial charge in [0.25, 0.3) is 0 Å². The lowest BCUT2D eigenvalue weighted by Gasteiger charge is -2.37. The van der Waals surface area contributed by atoms with Crippen LogP contribution < -0.4 is 0 Å². The Hall–Kier alpha value is -0.730. The van der Waals surface area contributed by atoms with Gasteiger partial charge in [-0.15, -0.1) is 0 Å². The fraction of sp³-hybridized carbons (Fsp3) is 0.929. The zero-order valence-corrected chi connectivity index (χ0v) is 11.5. The second-order valence-electron chi connectivity index (χ2n) is 6.17. The molecule has 1 aliphatic heterocycles. The van der Waals surface area contributed by atoms with Crippen LogP contribution in [0.2, 0.25) is 0 Å². The molecular weight excluding hydrogens is 212 g/mol. The van der Waals surface area contributed by atoms with Crippen molar-refractivity contribution >= 4 is 6.03 Å². The molecule has 1 heterocycles. The highest BCUT2D eigenvalue weighted by atomic mass is 16.2. The minimum atomic E-state index is 0.276. The van der Waals surface area contributed by atoms with Crippen molar-refractivity contribution in [3.8, 4) is 0 Å². The van der Waals surface area contributed by atoms with Crippen molar-refractivity contribution in [3.63, 3.8) is 0 Å². The van der Waals surface area contributed by atoms with Gasteiger partial charge in [0.05, 0.1) is 0 Å². The molecule has 0 aromatic heterocycles. The number of piperidine rings is 1. The molecule has 3 heteroatoms. The van der Waals surface area contributed by atoms with Crippen LogP contribution in [0, 0.1) is 11.8 Å². The van der Waals surface area contributed by atoms with Gasteiger partial charge in [0.2, 0.25) is 0 Å². The summed E-state index contributed by atoms with van der Waals surface area (Å²) in [6, 6.07) is 0.610. The Balaban J connectivity index is 1.94. The molecule has 1 saturated heterocycles. The summed E-state index contributed by atoms with van der Waals surface area (Å²) in [6.45, 7) is 9.40. The molecular formula is C14H26N2O. The van der Waals surface area contributed by atoms with E-state index in [1.54, 1.807) is 0 Å². The molecule has 1 atom stereocenters. The van der Waals surface area contributed by atoms with Gasteiger partial charge in [-0.1, -0.05) is 6.92 Å². The monoisotopic (exact) mass is 238 g/mol. The summed E-state index contributed by atoms with van der Waals surface area (Å²) in [6.07, 6.45) is 5.07. The van der Waals surface area contributed by atoms with E-state index in [0.717, 1.165) is 25.6 Å². The molecule has 0 radical (unpaired) electrons. The lowest BCUT2D eigenvalue weighted by atomic mass is 10.0. The molecule has 0 aromatic carbocycles. The van der Waals surface area contributed by atoms with E-state index in [2.05, 4.69) is 30.6 Å². The molecule has 17 heavy (non-hydrogen) atoms. The Morgan fingerprint density at radius 1 is 1.35 bits per heavy atom. The molecule has 0 spiro atoms. The average molecular weight is 238 g/mol. The maximum Gasteiger partial charge on any atom is 0.320 e. The largest absolute Gasteiger partial charge is 0.324 e. The zero-order chi connectivity index (χ0) is 12.4. The molecule has 0 N–H and O–H groups in total. The molecule has 1 aliphatic carbocycles. The highest BCUT2D eigenvalue weighted by Crippen LogP contribution is 2.31. The second-order valence-corrected chi connectivity index (χ2v) is 6.17. The van der Waals surface area contributed by atoms with E-state index in [9.17, 15) is 4.79 Å². The molecule has 2 rings (SSSR count). The Morgan fingerprint density at radius 2 is 2.06 bits per heavy atom. The van der Waals surface area contributed by atoms with Crippen LogP contribution in [0.4, 0.5) is 4.79 Å². The molecule has 2 fully saturated rings. The summed E-state index contributed by atoms with van der Waals surface area (Å²) < 4.78 is 0. The van der Waals surface area contributed by atoms with Crippen LogP contribution in [0.25, 0.3) is 0 Å². The van der Waals surface area contributed by atoms with E-state index >= 15 is 0 Å². The standard InChI is InChI=1S/C14H26N2O/c1-11(2)16(10-13-6-7-13)14(17)15-8-4-5-12(3)9-15/h11-13H,4-10H2,1-3H3. The number of rotatable bonds is 3. The van der Waals surface area contributed by atoms with E-state index in [1.165, 1.54) is 25.7 Å². The predicted octanol–water partition coefficient (Wildman–Crippen LogP) is 2.96. The third-order valence-electron chi connectivity index (χ3n) is 3.95. The van der Waals surface area contributed by atoms with Gasteiger partial charge in [-0.3, -0.25) is 0 Å². The first kappa shape index (κ1) is 12.7. The third kappa shape index (κ3) is 3.36. The number of nitrogens with zero attached hydrogens (tertiary/aromatic N) is 2. The van der Waals surface area contributed by atoms with Crippen LogP contribution >= 0.6 is 0 Å². The van der Waals surface area contributed by atoms with Crippen LogP contribution in [0.3, 0.4) is 0 Å². The summed E-state index contributed by atoms with van der Waals surface area (Å²) in [5, 5.41) is 0. The van der Waals surface area contributed by atoms with E-state index in [-0.39, 0.29) is 6.03 Å². The van der Waals surface area contributed by atoms with E-state index in [1.807, 2.05) is 0 Å². The molecule has 0 bridgehead atoms. The maximum atomic E-state index is 12.5. The first-order valence-corrected chi connectivity index (χ1v) is 7.13. The van der Waals surface area contributed by atoms with Gasteiger partial charge < -0.3 is 9.80 Å². The number of carbonyl (C=O) groups excluding carboxylic acids is 1. The molecule has 98 valence electrons. The molecule has 0 aromatic rings. The fourth-order valence-corrected chi connectivity index (χ4v) is 2.63. The SMILES string of the molecule is CC1CCCN(C(=O)N(CC2CC2)C(C)C)C1. The van der Waals surface area contributed by atoms with Gasteiger partial charge in [0.15, 0.2) is 0 Å². The lowest BCUT2D eigenvalue weighted by molar-refractivity contribution is 0.118. The van der Waals surface area contributed by atoms with Crippen molar-refractivity contribution < 1.29 is 4.79 Å². The Kier molecular flexibility index (Phi) is 3.95. The maximum absolute atomic E-state index is 12.5. The number of hydrogen-bond acceptors (Lipinski definition) is 1. The summed E-state index contributed by atoms with van der Waals surface area (Å²) in [7, 11) is 0. The molecule has 3 nitrogen and oxygen atoms in total. The van der Waals surface area contributed by atoms with Gasteiger partial charge in [0.1, 0.15) is 0 Å². The second kappa shape index (κ2) is 5.28. The number of carbonyl (C=O) groups is 1. The van der Waals surface area contributed by atoms with Crippen LogP contribution in [-0.4, -0.2) is 41.5 Å². The smallest absolute Gasteiger partial charge is 0.320 e. The summed E-state index contributed by atoms with van der Waals surface area (Å²) in [4.78, 5) is 16.6. The Labute approximate surface area is 105 Å². The first-order chi connectivity index (χ1) is 8.08. The number of amides is 2. The molecule has 1 saturated carbocycles. The minimum absolute atomic E-state index is 0.276. The number of urea groups is 1. The lowest BCUT2D eigenvalue weighted by Crippen LogP contribution is -2.50. The van der Waals surface area contributed by atoms with Crippen molar-refractivity contribution in [1.82, 2.24) is 9.80 Å². The first-order valence-electron chi connectivity index (χ1n) is 7.13. The van der Waals surface area contributed by atoms with Crippen molar-refractivity contribution in [2.45, 2.75) is 52.5 Å². The van der Waals surface area contributed by atoms with Crippen molar-refractivity contribution in [2.75, 3.05) is 19.6 Å². The summed E-state index contributed by atoms with van der Waals surface area (Å²) in [5.74, 6) is 1.45. The zero-order valence-electron chi connectivity index (χ0n) is 11.5. The van der Waals surface area contributed by atoms with Crippen LogP contribution in [-0.2, 0) is 0 Å². The van der Waals surface area contributed by atoms with Crippen molar-refractivity contribution in [1.29, 1.82) is 0 Å². The van der Waals surface area contributed by atoms with Gasteiger partial charge in [0, 0.05) is 25.7 Å². The normalized spacial score (nSPS) is 25.2. The Morgan fingerprint density at radius 3 is 2.59 bits per heavy atom. The van der Waals surface area contributed by atoms with Gasteiger partial charge in [-0.2, -0.15) is 0 Å². The van der Waals surface area contributed by atoms with Gasteiger partial charge in [-0.25, -0.2) is 4.79 Å². The third-order valence-corrected chi connectivity index (χ3v) is 3.95. The van der Waals surface area contributed by atoms with Crippen LogP contribution in [0.1, 0.15) is 46.5 Å². The molecule has 2 aliphatic rings. The highest BCUT2D eigenvalue weighted by Gasteiger charge is 2.31. The van der Waals surface area contributed by atoms with Crippen LogP contribution in [0.15, 0.2) is 0 Å². The van der Waals surface area contributed by atoms with Crippen molar-refractivity contribution in [3.05, 3.63) is 0 Å². The quantitative estimate of drug-likeness (QED) is 0.741. The number of likely N-dealkylation sites (tertiary alicyclic amines) is 1. The topological polar surface area (TPSA) is 23.6 Å². The Bertz CT molecular complexity index is 273. The van der Waals surface area contributed by atoms with Crippen molar-refractivity contribution in [2.24, 2.45) is 11.8 Å². The predicted molar refractivity (Wildman–Crippen MR) is 69.9 cm³/mol. The summed E-state index contributed by atoms with van der Waals surface area (Å²) >= 11 is 0. The molecule has 1 unspecified atom stereocenters. The van der Waals surface area contributed by atoms with Gasteiger partial charge >= 0.3 is 6.03 Å². The van der Waals surface area contributed by atoms with E-state index in [0.29, 0.717) is 12.0 Å². The van der Waals surface area contributed by atoms with Gasteiger partial charge in [-0.05, 0) is 51.4 Å². The minimum Gasteiger partial charge on any atom is -0.324 e. The fourth-order valence-electron chi connectivity index (χ4n) is 2.63. The van der Waals surface area contributed by atoms with Crippen LogP contribution in [0.5, 0.6) is 0 Å². The van der Waals surface area contributed by atoms with E-state index in [4.69, 9.17) is 0 Å². The average Bonchev–Trinajstić information content (AvgIpc) is 3.08. The number of hydrogen-bond donors (Lipinski definition) is 0. The molecule has 2 amide bonds.